The number of anilines is 2. The lowest BCUT2D eigenvalue weighted by molar-refractivity contribution is 0.795. The molecule has 0 atom stereocenters. The Hall–Kier alpha value is -2.54. The first-order valence-electron chi connectivity index (χ1n) is 6.57. The monoisotopic (exact) mass is 266 g/mol. The van der Waals surface area contributed by atoms with Crippen LogP contribution in [0.2, 0.25) is 0 Å². The van der Waals surface area contributed by atoms with Crippen LogP contribution in [0.3, 0.4) is 0 Å². The molecular formula is C16H18N4. The highest BCUT2D eigenvalue weighted by molar-refractivity contribution is 5.58. The van der Waals surface area contributed by atoms with Gasteiger partial charge in [-0.15, -0.1) is 0 Å². The summed E-state index contributed by atoms with van der Waals surface area (Å²) >= 11 is 0. The molecule has 4 heteroatoms. The van der Waals surface area contributed by atoms with Crippen LogP contribution in [0.1, 0.15) is 17.5 Å². The van der Waals surface area contributed by atoms with Crippen molar-refractivity contribution in [1.29, 1.82) is 5.26 Å². The minimum Gasteiger partial charge on any atom is -0.399 e. The fraction of sp³-hybridized carbons (Fsp3) is 0.250. The van der Waals surface area contributed by atoms with Crippen molar-refractivity contribution in [2.24, 2.45) is 0 Å². The molecule has 0 saturated heterocycles. The average molecular weight is 266 g/mol. The molecule has 0 spiro atoms. The van der Waals surface area contributed by atoms with Gasteiger partial charge in [-0.25, -0.2) is 0 Å². The van der Waals surface area contributed by atoms with Gasteiger partial charge in [0.15, 0.2) is 0 Å². The van der Waals surface area contributed by atoms with Crippen molar-refractivity contribution in [3.05, 3.63) is 53.9 Å². The summed E-state index contributed by atoms with van der Waals surface area (Å²) in [6.07, 6.45) is 4.08. The second-order valence-corrected chi connectivity index (χ2v) is 4.79. The summed E-state index contributed by atoms with van der Waals surface area (Å²) in [5.74, 6) is 0. The lowest BCUT2D eigenvalue weighted by atomic mass is 10.1. The van der Waals surface area contributed by atoms with E-state index in [9.17, 15) is 0 Å². The van der Waals surface area contributed by atoms with Gasteiger partial charge in [0.05, 0.1) is 12.5 Å². The first-order valence-corrected chi connectivity index (χ1v) is 6.57. The molecule has 1 heterocycles. The maximum atomic E-state index is 8.82. The van der Waals surface area contributed by atoms with Crippen LogP contribution in [-0.2, 0) is 6.54 Å². The standard InChI is InChI=1S/C16H18N4/c1-13-8-15(18)10-16(9-13)20(7-3-5-17)12-14-4-2-6-19-11-14/h2,4,6,8-11H,3,7,12,18H2,1H3. The summed E-state index contributed by atoms with van der Waals surface area (Å²) in [6.45, 7) is 3.42. The van der Waals surface area contributed by atoms with Gasteiger partial charge in [0.1, 0.15) is 0 Å². The van der Waals surface area contributed by atoms with Gasteiger partial charge in [0.2, 0.25) is 0 Å². The number of nitrogens with zero attached hydrogens (tertiary/aromatic N) is 3. The van der Waals surface area contributed by atoms with Crippen LogP contribution in [0.15, 0.2) is 42.7 Å². The summed E-state index contributed by atoms with van der Waals surface area (Å²) in [7, 11) is 0. The number of rotatable bonds is 5. The highest BCUT2D eigenvalue weighted by Gasteiger charge is 2.08. The Morgan fingerprint density at radius 3 is 2.85 bits per heavy atom. The molecule has 102 valence electrons. The Balaban J connectivity index is 2.25. The van der Waals surface area contributed by atoms with Crippen molar-refractivity contribution in [1.82, 2.24) is 4.98 Å². The number of aromatic nitrogens is 1. The maximum Gasteiger partial charge on any atom is 0.0640 e. The molecule has 0 saturated carbocycles. The van der Waals surface area contributed by atoms with Gasteiger partial charge in [-0.1, -0.05) is 6.07 Å². The van der Waals surface area contributed by atoms with Crippen molar-refractivity contribution in [2.75, 3.05) is 17.2 Å². The van der Waals surface area contributed by atoms with E-state index >= 15 is 0 Å². The molecule has 0 fully saturated rings. The van der Waals surface area contributed by atoms with E-state index in [0.717, 1.165) is 29.0 Å². The normalized spacial score (nSPS) is 10.0. The van der Waals surface area contributed by atoms with Crippen LogP contribution < -0.4 is 10.6 Å². The Morgan fingerprint density at radius 2 is 2.20 bits per heavy atom. The average Bonchev–Trinajstić information content (AvgIpc) is 2.43. The third kappa shape index (κ3) is 3.72. The van der Waals surface area contributed by atoms with E-state index in [4.69, 9.17) is 11.0 Å². The molecule has 20 heavy (non-hydrogen) atoms. The highest BCUT2D eigenvalue weighted by Crippen LogP contribution is 2.22. The molecule has 1 aromatic heterocycles. The van der Waals surface area contributed by atoms with Gasteiger partial charge in [0.25, 0.3) is 0 Å². The third-order valence-corrected chi connectivity index (χ3v) is 3.04. The van der Waals surface area contributed by atoms with Crippen molar-refractivity contribution < 1.29 is 0 Å². The molecule has 0 bridgehead atoms. The molecule has 2 rings (SSSR count). The van der Waals surface area contributed by atoms with E-state index in [0.29, 0.717) is 13.0 Å². The van der Waals surface area contributed by atoms with Gasteiger partial charge in [-0.2, -0.15) is 5.26 Å². The molecule has 1 aromatic carbocycles. The van der Waals surface area contributed by atoms with Crippen molar-refractivity contribution >= 4 is 11.4 Å². The van der Waals surface area contributed by atoms with Crippen molar-refractivity contribution in [2.45, 2.75) is 19.9 Å². The van der Waals surface area contributed by atoms with Crippen molar-refractivity contribution in [3.8, 4) is 6.07 Å². The van der Waals surface area contributed by atoms with Crippen molar-refractivity contribution in [3.63, 3.8) is 0 Å². The fourth-order valence-corrected chi connectivity index (χ4v) is 2.17. The molecule has 0 radical (unpaired) electrons. The number of nitrogen functional groups attached to an aromatic ring is 1. The predicted octanol–water partition coefficient (Wildman–Crippen LogP) is 2.89. The number of nitriles is 1. The molecular weight excluding hydrogens is 248 g/mol. The minimum atomic E-state index is 0.480. The maximum absolute atomic E-state index is 8.82. The van der Waals surface area contributed by atoms with E-state index in [1.165, 1.54) is 0 Å². The fourth-order valence-electron chi connectivity index (χ4n) is 2.17. The number of aryl methyl sites for hydroxylation is 1. The highest BCUT2D eigenvalue weighted by atomic mass is 15.1. The third-order valence-electron chi connectivity index (χ3n) is 3.04. The molecule has 4 nitrogen and oxygen atoms in total. The summed E-state index contributed by atoms with van der Waals surface area (Å²) in [5.41, 5.74) is 9.94. The smallest absolute Gasteiger partial charge is 0.0640 e. The lowest BCUT2D eigenvalue weighted by Gasteiger charge is -2.24. The first kappa shape index (κ1) is 13.9. The van der Waals surface area contributed by atoms with Gasteiger partial charge in [-0.05, 0) is 42.3 Å². The van der Waals surface area contributed by atoms with E-state index in [2.05, 4.69) is 22.0 Å². The predicted molar refractivity (Wildman–Crippen MR) is 81.1 cm³/mol. The Bertz CT molecular complexity index is 581. The van der Waals surface area contributed by atoms with Crippen LogP contribution in [0, 0.1) is 18.3 Å². The SMILES string of the molecule is Cc1cc(N)cc(N(CCC#N)Cc2cccnc2)c1. The van der Waals surface area contributed by atoms with Crippen LogP contribution in [0.25, 0.3) is 0 Å². The van der Waals surface area contributed by atoms with Gasteiger partial charge in [-0.3, -0.25) is 4.98 Å². The zero-order chi connectivity index (χ0) is 14.4. The van der Waals surface area contributed by atoms with E-state index in [1.807, 2.05) is 37.4 Å². The molecule has 2 aromatic rings. The molecule has 0 unspecified atom stereocenters. The van der Waals surface area contributed by atoms with E-state index in [-0.39, 0.29) is 0 Å². The summed E-state index contributed by atoms with van der Waals surface area (Å²) in [6, 6.07) is 12.1. The van der Waals surface area contributed by atoms with Gasteiger partial charge >= 0.3 is 0 Å². The van der Waals surface area contributed by atoms with Crippen LogP contribution >= 0.6 is 0 Å². The second kappa shape index (κ2) is 6.58. The molecule has 2 N–H and O–H groups in total. The number of hydrogen-bond acceptors (Lipinski definition) is 4. The van der Waals surface area contributed by atoms with E-state index < -0.39 is 0 Å². The van der Waals surface area contributed by atoms with Gasteiger partial charge < -0.3 is 10.6 Å². The molecule has 0 aliphatic rings. The Labute approximate surface area is 119 Å². The zero-order valence-electron chi connectivity index (χ0n) is 11.6. The Morgan fingerprint density at radius 1 is 1.35 bits per heavy atom. The number of benzene rings is 1. The van der Waals surface area contributed by atoms with Crippen LogP contribution in [-0.4, -0.2) is 11.5 Å². The summed E-state index contributed by atoms with van der Waals surface area (Å²) < 4.78 is 0. The second-order valence-electron chi connectivity index (χ2n) is 4.79. The number of hydrogen-bond donors (Lipinski definition) is 1. The first-order chi connectivity index (χ1) is 9.69. The summed E-state index contributed by atoms with van der Waals surface area (Å²) in [5, 5.41) is 8.82. The molecule has 0 aliphatic heterocycles. The van der Waals surface area contributed by atoms with Crippen LogP contribution in [0.4, 0.5) is 11.4 Å². The topological polar surface area (TPSA) is 65.9 Å². The largest absolute Gasteiger partial charge is 0.399 e. The minimum absolute atomic E-state index is 0.480. The quantitative estimate of drug-likeness (QED) is 0.845. The zero-order valence-corrected chi connectivity index (χ0v) is 11.6. The Kier molecular flexibility index (Phi) is 4.56. The molecule has 0 aliphatic carbocycles. The number of nitrogens with two attached hydrogens (primary N) is 1. The molecule has 0 amide bonds. The van der Waals surface area contributed by atoms with Gasteiger partial charge in [0, 0.05) is 36.9 Å². The lowest BCUT2D eigenvalue weighted by Crippen LogP contribution is -2.24. The summed E-state index contributed by atoms with van der Waals surface area (Å²) in [4.78, 5) is 6.29. The van der Waals surface area contributed by atoms with E-state index in [1.54, 1.807) is 6.20 Å². The van der Waals surface area contributed by atoms with Crippen LogP contribution in [0.5, 0.6) is 0 Å². The number of pyridine rings is 1.